The van der Waals surface area contributed by atoms with E-state index in [-0.39, 0.29) is 28.5 Å². The average molecular weight is 236 g/mol. The van der Waals surface area contributed by atoms with Crippen LogP contribution < -0.4 is 5.73 Å². The first-order valence-corrected chi connectivity index (χ1v) is 5.56. The minimum atomic E-state index is -0.380. The molecule has 1 aromatic carbocycles. The van der Waals surface area contributed by atoms with Gasteiger partial charge in [0.25, 0.3) is 5.91 Å². The summed E-state index contributed by atoms with van der Waals surface area (Å²) in [6.45, 7) is 2.88. The predicted octanol–water partition coefficient (Wildman–Crippen LogP) is 0.661. The molecule has 5 nitrogen and oxygen atoms in total. The minimum Gasteiger partial charge on any atom is -0.507 e. The largest absolute Gasteiger partial charge is 0.507 e. The van der Waals surface area contributed by atoms with Gasteiger partial charge in [0.15, 0.2) is 0 Å². The minimum absolute atomic E-state index is 0.0503. The number of amides is 1. The van der Waals surface area contributed by atoms with Gasteiger partial charge in [-0.25, -0.2) is 0 Å². The summed E-state index contributed by atoms with van der Waals surface area (Å²) in [6.07, 6.45) is 0.795. The molecule has 1 fully saturated rings. The fraction of sp³-hybridized carbons (Fsp3) is 0.417. The molecule has 1 aromatic rings. The van der Waals surface area contributed by atoms with Gasteiger partial charge in [-0.3, -0.25) is 4.79 Å². The summed E-state index contributed by atoms with van der Waals surface area (Å²) in [5.74, 6) is -0.794. The quantitative estimate of drug-likeness (QED) is 0.704. The maximum Gasteiger partial charge on any atom is 0.261 e. The maximum atomic E-state index is 12.0. The zero-order valence-corrected chi connectivity index (χ0v) is 9.68. The molecule has 1 aliphatic heterocycles. The lowest BCUT2D eigenvalue weighted by molar-refractivity contribution is 0.0395. The van der Waals surface area contributed by atoms with E-state index in [0.29, 0.717) is 13.1 Å². The van der Waals surface area contributed by atoms with E-state index in [4.69, 9.17) is 5.73 Å². The van der Waals surface area contributed by atoms with Crippen molar-refractivity contribution in [2.45, 2.75) is 18.9 Å². The van der Waals surface area contributed by atoms with Gasteiger partial charge >= 0.3 is 0 Å². The Kier molecular flexibility index (Phi) is 2.71. The Morgan fingerprint density at radius 2 is 1.94 bits per heavy atom. The van der Waals surface area contributed by atoms with Gasteiger partial charge in [0.1, 0.15) is 17.1 Å². The van der Waals surface area contributed by atoms with Crippen molar-refractivity contribution in [1.82, 2.24) is 4.90 Å². The van der Waals surface area contributed by atoms with Gasteiger partial charge in [-0.2, -0.15) is 0 Å². The number of carbonyl (C=O) groups is 1. The van der Waals surface area contributed by atoms with E-state index in [2.05, 4.69) is 0 Å². The maximum absolute atomic E-state index is 12.0. The van der Waals surface area contributed by atoms with Crippen LogP contribution in [0.25, 0.3) is 0 Å². The monoisotopic (exact) mass is 236 g/mol. The Morgan fingerprint density at radius 3 is 2.41 bits per heavy atom. The van der Waals surface area contributed by atoms with Crippen molar-refractivity contribution in [1.29, 1.82) is 0 Å². The van der Waals surface area contributed by atoms with E-state index < -0.39 is 0 Å². The molecule has 1 heterocycles. The van der Waals surface area contributed by atoms with E-state index in [1.165, 1.54) is 23.1 Å². The molecular formula is C12H16N2O3. The Bertz CT molecular complexity index is 433. The van der Waals surface area contributed by atoms with Crippen molar-refractivity contribution in [2.24, 2.45) is 5.73 Å². The highest BCUT2D eigenvalue weighted by Crippen LogP contribution is 2.31. The van der Waals surface area contributed by atoms with Gasteiger partial charge < -0.3 is 20.8 Å². The Morgan fingerprint density at radius 1 is 1.41 bits per heavy atom. The van der Waals surface area contributed by atoms with Gasteiger partial charge in [-0.1, -0.05) is 13.0 Å². The molecule has 2 rings (SSSR count). The number of carbonyl (C=O) groups excluding carboxylic acids is 1. The third-order valence-electron chi connectivity index (χ3n) is 3.24. The third kappa shape index (κ3) is 1.93. The number of phenols is 2. The Hall–Kier alpha value is -1.75. The molecule has 4 N–H and O–H groups in total. The van der Waals surface area contributed by atoms with Crippen LogP contribution in [0.5, 0.6) is 11.5 Å². The molecule has 5 heteroatoms. The third-order valence-corrected chi connectivity index (χ3v) is 3.24. The van der Waals surface area contributed by atoms with Gasteiger partial charge in [0.2, 0.25) is 0 Å². The lowest BCUT2D eigenvalue weighted by Gasteiger charge is -2.47. The number of benzene rings is 1. The first kappa shape index (κ1) is 11.7. The van der Waals surface area contributed by atoms with E-state index in [9.17, 15) is 15.0 Å². The molecule has 17 heavy (non-hydrogen) atoms. The zero-order chi connectivity index (χ0) is 12.6. The second-order valence-corrected chi connectivity index (χ2v) is 4.55. The molecule has 0 bridgehead atoms. The van der Waals surface area contributed by atoms with Crippen molar-refractivity contribution in [3.63, 3.8) is 0 Å². The molecule has 1 aliphatic rings. The van der Waals surface area contributed by atoms with E-state index >= 15 is 0 Å². The number of phenolic OH excluding ortho intramolecular Hbond substituents is 2. The van der Waals surface area contributed by atoms with Crippen LogP contribution in [0.1, 0.15) is 23.7 Å². The van der Waals surface area contributed by atoms with Crippen molar-refractivity contribution in [3.05, 3.63) is 23.8 Å². The topological polar surface area (TPSA) is 86.8 Å². The van der Waals surface area contributed by atoms with Crippen molar-refractivity contribution >= 4 is 5.91 Å². The molecule has 1 saturated heterocycles. The van der Waals surface area contributed by atoms with Gasteiger partial charge in [-0.05, 0) is 18.6 Å². The summed E-state index contributed by atoms with van der Waals surface area (Å²) < 4.78 is 0. The van der Waals surface area contributed by atoms with Crippen molar-refractivity contribution < 1.29 is 15.0 Å². The SMILES string of the molecule is CCC1(N)CN(C(=O)c2c(O)cccc2O)C1. The van der Waals surface area contributed by atoms with E-state index in [1.54, 1.807) is 0 Å². The number of nitrogens with zero attached hydrogens (tertiary/aromatic N) is 1. The second kappa shape index (κ2) is 3.92. The van der Waals surface area contributed by atoms with Crippen LogP contribution in [0.15, 0.2) is 18.2 Å². The molecule has 1 amide bonds. The normalized spacial score (nSPS) is 17.6. The first-order chi connectivity index (χ1) is 7.97. The summed E-state index contributed by atoms with van der Waals surface area (Å²) in [4.78, 5) is 13.5. The number of rotatable bonds is 2. The molecule has 0 radical (unpaired) electrons. The molecule has 0 saturated carbocycles. The highest BCUT2D eigenvalue weighted by atomic mass is 16.3. The van der Waals surface area contributed by atoms with E-state index in [0.717, 1.165) is 6.42 Å². The number of hydrogen-bond acceptors (Lipinski definition) is 4. The molecule has 0 aromatic heterocycles. The van der Waals surface area contributed by atoms with Crippen LogP contribution >= 0.6 is 0 Å². The summed E-state index contributed by atoms with van der Waals surface area (Å²) >= 11 is 0. The summed E-state index contributed by atoms with van der Waals surface area (Å²) in [5.41, 5.74) is 5.59. The summed E-state index contributed by atoms with van der Waals surface area (Å²) in [6, 6.07) is 4.24. The highest BCUT2D eigenvalue weighted by molar-refractivity contribution is 6.00. The van der Waals surface area contributed by atoms with Crippen molar-refractivity contribution in [3.8, 4) is 11.5 Å². The summed E-state index contributed by atoms with van der Waals surface area (Å²) in [5, 5.41) is 19.2. The van der Waals surface area contributed by atoms with Crippen LogP contribution in [-0.4, -0.2) is 39.6 Å². The fourth-order valence-electron chi connectivity index (χ4n) is 1.99. The first-order valence-electron chi connectivity index (χ1n) is 5.56. The van der Waals surface area contributed by atoms with Crippen LogP contribution in [-0.2, 0) is 0 Å². The standard InChI is InChI=1S/C12H16N2O3/c1-2-12(13)6-14(7-12)11(17)10-8(15)4-3-5-9(10)16/h3-5,15-16H,2,6-7,13H2,1H3. The van der Waals surface area contributed by atoms with Crippen LogP contribution in [0, 0.1) is 0 Å². The molecule has 0 spiro atoms. The van der Waals surface area contributed by atoms with Crippen LogP contribution in [0.2, 0.25) is 0 Å². The van der Waals surface area contributed by atoms with Crippen molar-refractivity contribution in [2.75, 3.05) is 13.1 Å². The summed E-state index contributed by atoms with van der Waals surface area (Å²) in [7, 11) is 0. The van der Waals surface area contributed by atoms with Crippen LogP contribution in [0.3, 0.4) is 0 Å². The number of nitrogens with two attached hydrogens (primary N) is 1. The Labute approximate surface area is 99.5 Å². The number of hydrogen-bond donors (Lipinski definition) is 3. The molecule has 0 unspecified atom stereocenters. The van der Waals surface area contributed by atoms with Gasteiger partial charge in [-0.15, -0.1) is 0 Å². The lowest BCUT2D eigenvalue weighted by Crippen LogP contribution is -2.68. The molecular weight excluding hydrogens is 220 g/mol. The molecule has 0 aliphatic carbocycles. The smallest absolute Gasteiger partial charge is 0.261 e. The molecule has 92 valence electrons. The Balaban J connectivity index is 2.17. The predicted molar refractivity (Wildman–Crippen MR) is 62.9 cm³/mol. The number of likely N-dealkylation sites (tertiary alicyclic amines) is 1. The van der Waals surface area contributed by atoms with Gasteiger partial charge in [0, 0.05) is 13.1 Å². The zero-order valence-electron chi connectivity index (χ0n) is 9.68. The highest BCUT2D eigenvalue weighted by Gasteiger charge is 2.41. The van der Waals surface area contributed by atoms with Crippen LogP contribution in [0.4, 0.5) is 0 Å². The number of aromatic hydroxyl groups is 2. The average Bonchev–Trinajstić information content (AvgIpc) is 2.24. The van der Waals surface area contributed by atoms with E-state index in [1.807, 2.05) is 6.92 Å². The fourth-order valence-corrected chi connectivity index (χ4v) is 1.99. The molecule has 0 atom stereocenters. The van der Waals surface area contributed by atoms with Gasteiger partial charge in [0.05, 0.1) is 5.54 Å². The lowest BCUT2D eigenvalue weighted by atomic mass is 9.87. The second-order valence-electron chi connectivity index (χ2n) is 4.55.